The molecule has 2 aliphatic heterocycles. The summed E-state index contributed by atoms with van der Waals surface area (Å²) in [6.45, 7) is 7.04. The standard InChI is InChI=1S/C19H24BN3O4/c1-17(2,3)26-16(24)23-7-5-18(11-23)9-19(10-18)14-12-4-6-21-15(12)22-8-13(14)20(25)27-19/h4,6,8,25H,5,7,9-11H2,1-3H3,(H,21,22). The maximum absolute atomic E-state index is 12.4. The number of amides is 1. The van der Waals surface area contributed by atoms with E-state index in [1.807, 2.05) is 37.9 Å². The first-order chi connectivity index (χ1) is 12.7. The normalized spacial score (nSPS) is 29.6. The largest absolute Gasteiger partial charge is 0.493 e. The van der Waals surface area contributed by atoms with Crippen molar-refractivity contribution in [2.75, 3.05) is 13.1 Å². The van der Waals surface area contributed by atoms with E-state index in [-0.39, 0.29) is 11.5 Å². The third-order valence-corrected chi connectivity index (χ3v) is 6.09. The van der Waals surface area contributed by atoms with E-state index in [2.05, 4.69) is 9.97 Å². The fraction of sp³-hybridized carbons (Fsp3) is 0.579. The van der Waals surface area contributed by atoms with Gasteiger partial charge in [0.25, 0.3) is 0 Å². The molecular weight excluding hydrogens is 345 g/mol. The molecule has 7 nitrogen and oxygen atoms in total. The van der Waals surface area contributed by atoms with Crippen LogP contribution >= 0.6 is 0 Å². The number of carbonyl (C=O) groups excluding carboxylic acids is 1. The lowest BCUT2D eigenvalue weighted by Crippen LogP contribution is -2.52. The molecule has 5 rings (SSSR count). The number of aromatic nitrogens is 2. The summed E-state index contributed by atoms with van der Waals surface area (Å²) in [6.07, 6.45) is 5.86. The van der Waals surface area contributed by atoms with Gasteiger partial charge in [-0.15, -0.1) is 0 Å². The number of likely N-dealkylation sites (tertiary alicyclic amines) is 1. The minimum absolute atomic E-state index is 0.0319. The molecule has 1 saturated heterocycles. The number of hydrogen-bond donors (Lipinski definition) is 2. The van der Waals surface area contributed by atoms with Gasteiger partial charge in [0.15, 0.2) is 0 Å². The maximum Gasteiger partial charge on any atom is 0.493 e. The highest BCUT2D eigenvalue weighted by atomic mass is 16.6. The average molecular weight is 369 g/mol. The topological polar surface area (TPSA) is 87.7 Å². The highest BCUT2D eigenvalue weighted by molar-refractivity contribution is 6.62. The Labute approximate surface area is 158 Å². The molecule has 2 fully saturated rings. The molecule has 0 atom stereocenters. The summed E-state index contributed by atoms with van der Waals surface area (Å²) in [7, 11) is -0.937. The summed E-state index contributed by atoms with van der Waals surface area (Å²) < 4.78 is 11.6. The van der Waals surface area contributed by atoms with E-state index in [9.17, 15) is 9.82 Å². The van der Waals surface area contributed by atoms with Crippen LogP contribution in [0.2, 0.25) is 0 Å². The first-order valence-electron chi connectivity index (χ1n) is 9.51. The predicted molar refractivity (Wildman–Crippen MR) is 101 cm³/mol. The molecule has 1 amide bonds. The average Bonchev–Trinajstić information content (AvgIpc) is 3.23. The van der Waals surface area contributed by atoms with Crippen molar-refractivity contribution in [3.05, 3.63) is 24.0 Å². The molecule has 0 unspecified atom stereocenters. The van der Waals surface area contributed by atoms with Crippen molar-refractivity contribution in [2.45, 2.75) is 51.2 Å². The summed E-state index contributed by atoms with van der Waals surface area (Å²) >= 11 is 0. The zero-order valence-electron chi connectivity index (χ0n) is 15.9. The van der Waals surface area contributed by atoms with E-state index in [1.165, 1.54) is 0 Å². The Bertz CT molecular complexity index is 929. The molecule has 0 aromatic carbocycles. The SMILES string of the molecule is CC(C)(C)OC(=O)N1CCC2(C1)CC1(C2)OB(O)c2cnc3[nH]ccc3c21. The van der Waals surface area contributed by atoms with Crippen LogP contribution in [0, 0.1) is 5.41 Å². The second-order valence-electron chi connectivity index (χ2n) is 9.30. The van der Waals surface area contributed by atoms with E-state index in [4.69, 9.17) is 9.39 Å². The van der Waals surface area contributed by atoms with Crippen LogP contribution in [-0.4, -0.2) is 51.8 Å². The van der Waals surface area contributed by atoms with E-state index in [0.717, 1.165) is 41.3 Å². The molecule has 27 heavy (non-hydrogen) atoms. The van der Waals surface area contributed by atoms with Crippen molar-refractivity contribution in [3.63, 3.8) is 0 Å². The van der Waals surface area contributed by atoms with Gasteiger partial charge in [0.1, 0.15) is 11.2 Å². The van der Waals surface area contributed by atoms with E-state index in [0.29, 0.717) is 13.1 Å². The first-order valence-corrected chi connectivity index (χ1v) is 9.51. The molecule has 4 heterocycles. The molecular formula is C19H24BN3O4. The minimum atomic E-state index is -0.937. The van der Waals surface area contributed by atoms with Crippen molar-refractivity contribution in [3.8, 4) is 0 Å². The summed E-state index contributed by atoms with van der Waals surface area (Å²) in [5.41, 5.74) is 1.69. The summed E-state index contributed by atoms with van der Waals surface area (Å²) in [5, 5.41) is 11.4. The molecule has 2 spiro atoms. The Balaban J connectivity index is 1.39. The van der Waals surface area contributed by atoms with Gasteiger partial charge in [-0.1, -0.05) is 0 Å². The van der Waals surface area contributed by atoms with Crippen LogP contribution in [-0.2, 0) is 15.0 Å². The predicted octanol–water partition coefficient (Wildman–Crippen LogP) is 1.90. The number of pyridine rings is 1. The van der Waals surface area contributed by atoms with Crippen LogP contribution in [0.25, 0.3) is 11.0 Å². The van der Waals surface area contributed by atoms with Gasteiger partial charge in [0, 0.05) is 36.3 Å². The van der Waals surface area contributed by atoms with Crippen LogP contribution in [0.4, 0.5) is 4.79 Å². The zero-order chi connectivity index (χ0) is 19.0. The second-order valence-corrected chi connectivity index (χ2v) is 9.30. The van der Waals surface area contributed by atoms with Gasteiger partial charge in [-0.2, -0.15) is 0 Å². The molecule has 0 radical (unpaired) electrons. The van der Waals surface area contributed by atoms with Crippen molar-refractivity contribution in [1.82, 2.24) is 14.9 Å². The number of rotatable bonds is 0. The van der Waals surface area contributed by atoms with E-state index in [1.54, 1.807) is 6.20 Å². The fourth-order valence-corrected chi connectivity index (χ4v) is 5.18. The van der Waals surface area contributed by atoms with Crippen molar-refractivity contribution < 1.29 is 19.2 Å². The molecule has 142 valence electrons. The first kappa shape index (κ1) is 17.1. The van der Waals surface area contributed by atoms with Gasteiger partial charge in [0.2, 0.25) is 0 Å². The number of nitrogens with one attached hydrogen (secondary N) is 1. The number of aromatic amines is 1. The lowest BCUT2D eigenvalue weighted by Gasteiger charge is -2.53. The van der Waals surface area contributed by atoms with Crippen molar-refractivity contribution in [1.29, 1.82) is 0 Å². The van der Waals surface area contributed by atoms with Gasteiger partial charge < -0.3 is 24.3 Å². The number of carbonyl (C=O) groups is 1. The quantitative estimate of drug-likeness (QED) is 0.693. The molecule has 1 saturated carbocycles. The third kappa shape index (κ3) is 2.50. The molecule has 2 aromatic rings. The summed E-state index contributed by atoms with van der Waals surface area (Å²) in [6, 6.07) is 2.00. The van der Waals surface area contributed by atoms with Gasteiger partial charge >= 0.3 is 13.2 Å². The van der Waals surface area contributed by atoms with Gasteiger partial charge in [0.05, 0.1) is 5.60 Å². The highest BCUT2D eigenvalue weighted by Crippen LogP contribution is 2.62. The molecule has 3 aliphatic rings. The van der Waals surface area contributed by atoms with Gasteiger partial charge in [-0.25, -0.2) is 9.78 Å². The second kappa shape index (κ2) is 5.26. The minimum Gasteiger partial charge on any atom is -0.444 e. The van der Waals surface area contributed by atoms with Crippen LogP contribution in [0.3, 0.4) is 0 Å². The Morgan fingerprint density at radius 1 is 1.44 bits per heavy atom. The number of H-pyrrole nitrogens is 1. The number of ether oxygens (including phenoxy) is 1. The lowest BCUT2D eigenvalue weighted by molar-refractivity contribution is -0.110. The number of nitrogens with zero attached hydrogens (tertiary/aromatic N) is 2. The molecule has 8 heteroatoms. The molecule has 1 aliphatic carbocycles. The van der Waals surface area contributed by atoms with E-state index < -0.39 is 18.3 Å². The Morgan fingerprint density at radius 2 is 2.22 bits per heavy atom. The van der Waals surface area contributed by atoms with E-state index >= 15 is 0 Å². The number of fused-ring (bicyclic) bond motifs is 4. The summed E-state index contributed by atoms with van der Waals surface area (Å²) in [4.78, 5) is 21.7. The van der Waals surface area contributed by atoms with Crippen LogP contribution in [0.1, 0.15) is 45.6 Å². The monoisotopic (exact) mass is 369 g/mol. The van der Waals surface area contributed by atoms with Gasteiger partial charge in [-0.3, -0.25) is 0 Å². The Kier molecular flexibility index (Phi) is 3.33. The molecule has 2 aromatic heterocycles. The Hall–Kier alpha value is -2.06. The van der Waals surface area contributed by atoms with Gasteiger partial charge in [-0.05, 0) is 57.1 Å². The highest BCUT2D eigenvalue weighted by Gasteiger charge is 2.64. The smallest absolute Gasteiger partial charge is 0.444 e. The van der Waals surface area contributed by atoms with Crippen LogP contribution < -0.4 is 5.46 Å². The van der Waals surface area contributed by atoms with Crippen molar-refractivity contribution >= 4 is 29.7 Å². The third-order valence-electron chi connectivity index (χ3n) is 6.09. The lowest BCUT2D eigenvalue weighted by atomic mass is 9.56. The summed E-state index contributed by atoms with van der Waals surface area (Å²) in [5.74, 6) is 0. The fourth-order valence-electron chi connectivity index (χ4n) is 5.18. The molecule has 0 bridgehead atoms. The van der Waals surface area contributed by atoms with Crippen LogP contribution in [0.5, 0.6) is 0 Å². The zero-order valence-corrected chi connectivity index (χ0v) is 15.9. The number of hydrogen-bond acceptors (Lipinski definition) is 5. The Morgan fingerprint density at radius 3 is 2.96 bits per heavy atom. The molecule has 2 N–H and O–H groups in total. The van der Waals surface area contributed by atoms with Crippen molar-refractivity contribution in [2.24, 2.45) is 5.41 Å². The van der Waals surface area contributed by atoms with Crippen LogP contribution in [0.15, 0.2) is 18.5 Å². The maximum atomic E-state index is 12.4.